The summed E-state index contributed by atoms with van der Waals surface area (Å²) in [6.07, 6.45) is 11.2. The van der Waals surface area contributed by atoms with Crippen LogP contribution in [0.3, 0.4) is 0 Å². The standard InChI is InChI=1S/C18H26N6/c1-4-6-7-11-23(3)18(20-5-2)22-14-16-8-9-21-17(13-16)24-12-10-19-15-24/h4,8-10,12-13,15H,1,5-7,11,14H2,2-3H3,(H,20,22). The van der Waals surface area contributed by atoms with Gasteiger partial charge in [-0.2, -0.15) is 0 Å². The summed E-state index contributed by atoms with van der Waals surface area (Å²) in [5, 5.41) is 3.34. The van der Waals surface area contributed by atoms with Crippen LogP contribution in [-0.2, 0) is 6.54 Å². The van der Waals surface area contributed by atoms with E-state index >= 15 is 0 Å². The molecule has 0 spiro atoms. The van der Waals surface area contributed by atoms with Crippen molar-refractivity contribution in [3.8, 4) is 5.82 Å². The van der Waals surface area contributed by atoms with Crippen LogP contribution in [0.25, 0.3) is 5.82 Å². The number of nitrogens with zero attached hydrogens (tertiary/aromatic N) is 5. The van der Waals surface area contributed by atoms with Gasteiger partial charge in [0.25, 0.3) is 0 Å². The highest BCUT2D eigenvalue weighted by Gasteiger charge is 2.05. The number of guanidine groups is 1. The van der Waals surface area contributed by atoms with Crippen molar-refractivity contribution in [3.05, 3.63) is 55.3 Å². The Labute approximate surface area is 144 Å². The number of pyridine rings is 1. The SMILES string of the molecule is C=CCCCN(C)C(=NCc1ccnc(-n2ccnc2)c1)NCC. The molecular weight excluding hydrogens is 300 g/mol. The van der Waals surface area contributed by atoms with E-state index in [1.807, 2.05) is 29.0 Å². The lowest BCUT2D eigenvalue weighted by molar-refractivity contribution is 0.470. The number of aromatic nitrogens is 3. The predicted octanol–water partition coefficient (Wildman–Crippen LogP) is 2.63. The summed E-state index contributed by atoms with van der Waals surface area (Å²) < 4.78 is 1.89. The lowest BCUT2D eigenvalue weighted by Gasteiger charge is -2.21. The Hall–Kier alpha value is -2.63. The molecule has 2 aromatic heterocycles. The molecule has 2 heterocycles. The molecule has 0 saturated heterocycles. The number of aliphatic imine (C=N–C) groups is 1. The molecule has 0 amide bonds. The molecule has 0 radical (unpaired) electrons. The second kappa shape index (κ2) is 9.50. The summed E-state index contributed by atoms with van der Waals surface area (Å²) in [7, 11) is 2.06. The van der Waals surface area contributed by atoms with Crippen LogP contribution in [0.1, 0.15) is 25.3 Å². The Bertz CT molecular complexity index is 647. The summed E-state index contributed by atoms with van der Waals surface area (Å²) in [5.74, 6) is 1.77. The fourth-order valence-electron chi connectivity index (χ4n) is 2.31. The Kier molecular flexibility index (Phi) is 7.01. The van der Waals surface area contributed by atoms with Crippen LogP contribution in [-0.4, -0.2) is 45.5 Å². The zero-order valence-corrected chi connectivity index (χ0v) is 14.5. The van der Waals surface area contributed by atoms with E-state index in [0.29, 0.717) is 6.54 Å². The largest absolute Gasteiger partial charge is 0.357 e. The number of unbranched alkanes of at least 4 members (excludes halogenated alkanes) is 1. The van der Waals surface area contributed by atoms with Gasteiger partial charge in [-0.25, -0.2) is 15.0 Å². The first-order valence-corrected chi connectivity index (χ1v) is 8.28. The van der Waals surface area contributed by atoms with Crippen molar-refractivity contribution in [2.24, 2.45) is 4.99 Å². The van der Waals surface area contributed by atoms with E-state index in [9.17, 15) is 0 Å². The number of nitrogens with one attached hydrogen (secondary N) is 1. The van der Waals surface area contributed by atoms with E-state index in [4.69, 9.17) is 4.99 Å². The van der Waals surface area contributed by atoms with Crippen LogP contribution in [0.4, 0.5) is 0 Å². The minimum absolute atomic E-state index is 0.609. The quantitative estimate of drug-likeness (QED) is 0.351. The Balaban J connectivity index is 2.05. The molecule has 0 aromatic carbocycles. The summed E-state index contributed by atoms with van der Waals surface area (Å²) in [4.78, 5) is 15.3. The number of hydrogen-bond donors (Lipinski definition) is 1. The van der Waals surface area contributed by atoms with Gasteiger partial charge in [-0.05, 0) is 37.5 Å². The van der Waals surface area contributed by atoms with Gasteiger partial charge in [0.1, 0.15) is 12.1 Å². The highest BCUT2D eigenvalue weighted by Crippen LogP contribution is 2.08. The average molecular weight is 326 g/mol. The summed E-state index contributed by atoms with van der Waals surface area (Å²) >= 11 is 0. The van der Waals surface area contributed by atoms with Gasteiger partial charge >= 0.3 is 0 Å². The number of rotatable bonds is 8. The molecule has 6 nitrogen and oxygen atoms in total. The molecule has 128 valence electrons. The Morgan fingerprint density at radius 1 is 1.46 bits per heavy atom. The van der Waals surface area contributed by atoms with Crippen molar-refractivity contribution in [3.63, 3.8) is 0 Å². The van der Waals surface area contributed by atoms with E-state index in [2.05, 4.69) is 40.7 Å². The fourth-order valence-corrected chi connectivity index (χ4v) is 2.31. The van der Waals surface area contributed by atoms with Crippen molar-refractivity contribution >= 4 is 5.96 Å². The second-order valence-corrected chi connectivity index (χ2v) is 5.51. The van der Waals surface area contributed by atoms with E-state index < -0.39 is 0 Å². The molecule has 2 aromatic rings. The van der Waals surface area contributed by atoms with Crippen LogP contribution in [0, 0.1) is 0 Å². The van der Waals surface area contributed by atoms with E-state index in [1.165, 1.54) is 0 Å². The van der Waals surface area contributed by atoms with Crippen LogP contribution >= 0.6 is 0 Å². The van der Waals surface area contributed by atoms with Gasteiger partial charge in [-0.3, -0.25) is 4.57 Å². The van der Waals surface area contributed by atoms with Gasteiger partial charge in [0.2, 0.25) is 0 Å². The molecule has 0 unspecified atom stereocenters. The zero-order chi connectivity index (χ0) is 17.2. The van der Waals surface area contributed by atoms with Gasteiger partial charge in [0, 0.05) is 38.7 Å². The average Bonchev–Trinajstić information content (AvgIpc) is 3.13. The van der Waals surface area contributed by atoms with Crippen molar-refractivity contribution < 1.29 is 0 Å². The molecule has 24 heavy (non-hydrogen) atoms. The van der Waals surface area contributed by atoms with Crippen molar-refractivity contribution in [1.29, 1.82) is 0 Å². The molecule has 0 aliphatic heterocycles. The maximum Gasteiger partial charge on any atom is 0.193 e. The fraction of sp³-hybridized carbons (Fsp3) is 0.389. The van der Waals surface area contributed by atoms with Gasteiger partial charge in [-0.1, -0.05) is 6.08 Å². The molecule has 0 saturated carbocycles. The van der Waals surface area contributed by atoms with E-state index in [1.54, 1.807) is 18.7 Å². The van der Waals surface area contributed by atoms with Crippen LogP contribution < -0.4 is 5.32 Å². The van der Waals surface area contributed by atoms with Gasteiger partial charge in [0.05, 0.1) is 6.54 Å². The number of hydrogen-bond acceptors (Lipinski definition) is 3. The van der Waals surface area contributed by atoms with E-state index in [-0.39, 0.29) is 0 Å². The first kappa shape index (κ1) is 17.7. The third-order valence-electron chi connectivity index (χ3n) is 3.59. The number of allylic oxidation sites excluding steroid dienone is 1. The van der Waals surface area contributed by atoms with Crippen molar-refractivity contribution in [1.82, 2.24) is 24.8 Å². The second-order valence-electron chi connectivity index (χ2n) is 5.51. The normalized spacial score (nSPS) is 11.3. The third kappa shape index (κ3) is 5.22. The summed E-state index contributed by atoms with van der Waals surface area (Å²) in [6.45, 7) is 8.26. The maximum absolute atomic E-state index is 4.74. The lowest BCUT2D eigenvalue weighted by atomic mass is 10.2. The molecule has 0 fully saturated rings. The highest BCUT2D eigenvalue weighted by atomic mass is 15.3. The lowest BCUT2D eigenvalue weighted by Crippen LogP contribution is -2.39. The maximum atomic E-state index is 4.74. The predicted molar refractivity (Wildman–Crippen MR) is 98.2 cm³/mol. The van der Waals surface area contributed by atoms with Crippen LogP contribution in [0.15, 0.2) is 54.7 Å². The highest BCUT2D eigenvalue weighted by molar-refractivity contribution is 5.79. The zero-order valence-electron chi connectivity index (χ0n) is 14.5. The molecule has 0 bridgehead atoms. The third-order valence-corrected chi connectivity index (χ3v) is 3.59. The van der Waals surface area contributed by atoms with Crippen molar-refractivity contribution in [2.45, 2.75) is 26.3 Å². The smallest absolute Gasteiger partial charge is 0.193 e. The van der Waals surface area contributed by atoms with Gasteiger partial charge in [0.15, 0.2) is 5.96 Å². The molecule has 1 N–H and O–H groups in total. The monoisotopic (exact) mass is 326 g/mol. The molecule has 2 rings (SSSR count). The van der Waals surface area contributed by atoms with Crippen molar-refractivity contribution in [2.75, 3.05) is 20.1 Å². The number of imidazole rings is 1. The Morgan fingerprint density at radius 3 is 3.04 bits per heavy atom. The minimum Gasteiger partial charge on any atom is -0.357 e. The molecule has 0 aliphatic rings. The van der Waals surface area contributed by atoms with Gasteiger partial charge < -0.3 is 10.2 Å². The Morgan fingerprint density at radius 2 is 2.33 bits per heavy atom. The van der Waals surface area contributed by atoms with Crippen LogP contribution in [0.5, 0.6) is 0 Å². The van der Waals surface area contributed by atoms with Gasteiger partial charge in [-0.15, -0.1) is 6.58 Å². The molecular formula is C18H26N6. The summed E-state index contributed by atoms with van der Waals surface area (Å²) in [6, 6.07) is 4.03. The summed E-state index contributed by atoms with van der Waals surface area (Å²) in [5.41, 5.74) is 1.11. The topological polar surface area (TPSA) is 58.3 Å². The molecule has 6 heteroatoms. The first-order valence-electron chi connectivity index (χ1n) is 8.28. The minimum atomic E-state index is 0.609. The van der Waals surface area contributed by atoms with E-state index in [0.717, 1.165) is 43.3 Å². The molecule has 0 atom stereocenters. The van der Waals surface area contributed by atoms with Crippen LogP contribution in [0.2, 0.25) is 0 Å². The molecule has 0 aliphatic carbocycles. The first-order chi connectivity index (χ1) is 11.7.